The van der Waals surface area contributed by atoms with Gasteiger partial charge in [-0.15, -0.1) is 0 Å². The quantitative estimate of drug-likeness (QED) is 0.799. The van der Waals surface area contributed by atoms with E-state index in [1.54, 1.807) is 15.4 Å². The molecule has 0 unspecified atom stereocenters. The van der Waals surface area contributed by atoms with Gasteiger partial charge in [0, 0.05) is 24.7 Å². The molecular weight excluding hydrogens is 270 g/mol. The Kier molecular flexibility index (Phi) is 3.01. The van der Waals surface area contributed by atoms with Gasteiger partial charge in [0.05, 0.1) is 22.6 Å². The van der Waals surface area contributed by atoms with Crippen molar-refractivity contribution in [3.8, 4) is 0 Å². The summed E-state index contributed by atoms with van der Waals surface area (Å²) < 4.78 is 3.51. The van der Waals surface area contributed by atoms with Crippen LogP contribution in [0.1, 0.15) is 24.2 Å². The van der Waals surface area contributed by atoms with E-state index in [0.29, 0.717) is 24.0 Å². The van der Waals surface area contributed by atoms with Crippen LogP contribution in [0.3, 0.4) is 0 Å². The lowest BCUT2D eigenvalue weighted by Crippen LogP contribution is -2.19. The van der Waals surface area contributed by atoms with E-state index in [0.717, 1.165) is 10.9 Å². The van der Waals surface area contributed by atoms with E-state index in [1.807, 2.05) is 26.0 Å². The number of rotatable bonds is 3. The molecule has 0 fully saturated rings. The molecule has 6 nitrogen and oxygen atoms in total. The molecule has 6 heteroatoms. The van der Waals surface area contributed by atoms with Crippen molar-refractivity contribution in [2.24, 2.45) is 0 Å². The molecule has 108 valence electrons. The van der Waals surface area contributed by atoms with E-state index in [2.05, 4.69) is 5.10 Å². The summed E-state index contributed by atoms with van der Waals surface area (Å²) in [6.07, 6.45) is 3.10. The van der Waals surface area contributed by atoms with Crippen LogP contribution in [0.5, 0.6) is 0 Å². The van der Waals surface area contributed by atoms with Crippen molar-refractivity contribution in [1.82, 2.24) is 14.3 Å². The summed E-state index contributed by atoms with van der Waals surface area (Å²) in [5.41, 5.74) is 0.768. The first kappa shape index (κ1) is 13.4. The smallest absolute Gasteiger partial charge is 0.341 e. The first-order chi connectivity index (χ1) is 10.1. The van der Waals surface area contributed by atoms with E-state index in [-0.39, 0.29) is 5.56 Å². The third kappa shape index (κ3) is 1.83. The topological polar surface area (TPSA) is 77.1 Å². The van der Waals surface area contributed by atoms with E-state index < -0.39 is 11.4 Å². The van der Waals surface area contributed by atoms with Crippen LogP contribution in [-0.4, -0.2) is 25.4 Å². The van der Waals surface area contributed by atoms with Gasteiger partial charge in [0.2, 0.25) is 5.43 Å². The normalized spacial score (nSPS) is 11.3. The molecule has 3 rings (SSSR count). The Balaban J connectivity index is 2.62. The van der Waals surface area contributed by atoms with Gasteiger partial charge in [-0.05, 0) is 26.0 Å². The van der Waals surface area contributed by atoms with E-state index >= 15 is 0 Å². The lowest BCUT2D eigenvalue weighted by Gasteiger charge is -2.11. The summed E-state index contributed by atoms with van der Waals surface area (Å²) in [7, 11) is 0. The lowest BCUT2D eigenvalue weighted by molar-refractivity contribution is 0.0695. The SMILES string of the molecule is CCn1cc(C(=O)O)c(=O)c2c1ccc1cnn(CC)c12. The van der Waals surface area contributed by atoms with Gasteiger partial charge in [0.25, 0.3) is 0 Å². The number of aromatic carboxylic acids is 1. The fourth-order valence-electron chi connectivity index (χ4n) is 2.70. The van der Waals surface area contributed by atoms with Gasteiger partial charge in [-0.1, -0.05) is 0 Å². The van der Waals surface area contributed by atoms with Crippen molar-refractivity contribution in [1.29, 1.82) is 0 Å². The molecule has 0 aliphatic rings. The Labute approximate surface area is 120 Å². The molecule has 1 N–H and O–H groups in total. The van der Waals surface area contributed by atoms with Crippen molar-refractivity contribution < 1.29 is 9.90 Å². The number of benzene rings is 1. The predicted molar refractivity (Wildman–Crippen MR) is 79.8 cm³/mol. The molecule has 0 radical (unpaired) electrons. The van der Waals surface area contributed by atoms with Crippen LogP contribution < -0.4 is 5.43 Å². The number of fused-ring (bicyclic) bond motifs is 3. The molecule has 0 aliphatic heterocycles. The Morgan fingerprint density at radius 1 is 1.29 bits per heavy atom. The number of pyridine rings is 1. The molecule has 0 aliphatic carbocycles. The van der Waals surface area contributed by atoms with E-state index in [1.165, 1.54) is 6.20 Å². The molecule has 0 amide bonds. The van der Waals surface area contributed by atoms with Crippen LogP contribution in [0.2, 0.25) is 0 Å². The number of carbonyl (C=O) groups is 1. The molecule has 0 saturated carbocycles. The first-order valence-corrected chi connectivity index (χ1v) is 6.83. The number of aryl methyl sites for hydroxylation is 2. The predicted octanol–water partition coefficient (Wildman–Crippen LogP) is 2.09. The maximum atomic E-state index is 12.6. The van der Waals surface area contributed by atoms with Crippen molar-refractivity contribution >= 4 is 27.8 Å². The zero-order chi connectivity index (χ0) is 15.1. The lowest BCUT2D eigenvalue weighted by atomic mass is 10.1. The molecule has 1 aromatic carbocycles. The fourth-order valence-corrected chi connectivity index (χ4v) is 2.70. The van der Waals surface area contributed by atoms with Gasteiger partial charge in [-0.3, -0.25) is 9.48 Å². The summed E-state index contributed by atoms with van der Waals surface area (Å²) in [5.74, 6) is -1.20. The Morgan fingerprint density at radius 2 is 2.05 bits per heavy atom. The Hall–Kier alpha value is -2.63. The summed E-state index contributed by atoms with van der Waals surface area (Å²) in [6.45, 7) is 5.05. The maximum Gasteiger partial charge on any atom is 0.341 e. The van der Waals surface area contributed by atoms with Gasteiger partial charge in [-0.25, -0.2) is 4.79 Å². The number of hydrogen-bond donors (Lipinski definition) is 1. The van der Waals surface area contributed by atoms with Crippen molar-refractivity contribution in [2.45, 2.75) is 26.9 Å². The van der Waals surface area contributed by atoms with Crippen LogP contribution in [0, 0.1) is 0 Å². The minimum atomic E-state index is -1.20. The zero-order valence-electron chi connectivity index (χ0n) is 11.8. The number of carboxylic acids is 1. The summed E-state index contributed by atoms with van der Waals surface area (Å²) in [4.78, 5) is 23.9. The van der Waals surface area contributed by atoms with Gasteiger partial charge < -0.3 is 9.67 Å². The van der Waals surface area contributed by atoms with Gasteiger partial charge in [-0.2, -0.15) is 5.10 Å². The highest BCUT2D eigenvalue weighted by Gasteiger charge is 2.18. The van der Waals surface area contributed by atoms with Crippen molar-refractivity contribution in [3.05, 3.63) is 40.3 Å². The minimum Gasteiger partial charge on any atom is -0.477 e. The molecular formula is C15H15N3O3. The van der Waals surface area contributed by atoms with Gasteiger partial charge in [0.15, 0.2) is 0 Å². The average Bonchev–Trinajstić information content (AvgIpc) is 2.90. The average molecular weight is 285 g/mol. The van der Waals surface area contributed by atoms with E-state index in [4.69, 9.17) is 0 Å². The summed E-state index contributed by atoms with van der Waals surface area (Å²) in [6, 6.07) is 3.75. The van der Waals surface area contributed by atoms with Gasteiger partial charge in [0.1, 0.15) is 5.56 Å². The Bertz CT molecular complexity index is 921. The van der Waals surface area contributed by atoms with E-state index in [9.17, 15) is 14.7 Å². The fraction of sp³-hybridized carbons (Fsp3) is 0.267. The van der Waals surface area contributed by atoms with Crippen LogP contribution in [0.25, 0.3) is 21.8 Å². The number of hydrogen-bond acceptors (Lipinski definition) is 3. The molecule has 0 bridgehead atoms. The molecule has 21 heavy (non-hydrogen) atoms. The third-order valence-corrected chi connectivity index (χ3v) is 3.72. The second-order valence-corrected chi connectivity index (χ2v) is 4.82. The molecule has 0 spiro atoms. The molecule has 0 saturated heterocycles. The van der Waals surface area contributed by atoms with Gasteiger partial charge >= 0.3 is 5.97 Å². The van der Waals surface area contributed by atoms with Crippen LogP contribution in [-0.2, 0) is 13.1 Å². The second kappa shape index (κ2) is 4.73. The van der Waals surface area contributed by atoms with Crippen LogP contribution in [0.4, 0.5) is 0 Å². The number of nitrogens with zero attached hydrogens (tertiary/aromatic N) is 3. The first-order valence-electron chi connectivity index (χ1n) is 6.83. The Morgan fingerprint density at radius 3 is 2.67 bits per heavy atom. The van der Waals surface area contributed by atoms with Crippen LogP contribution >= 0.6 is 0 Å². The highest BCUT2D eigenvalue weighted by molar-refractivity contribution is 6.06. The zero-order valence-corrected chi connectivity index (χ0v) is 11.8. The molecule has 2 aromatic heterocycles. The molecule has 3 aromatic rings. The standard InChI is InChI=1S/C15H15N3O3/c1-3-17-8-10(15(20)21)14(19)12-11(17)6-5-9-7-16-18(4-2)13(9)12/h5-8H,3-4H2,1-2H3,(H,20,21). The maximum absolute atomic E-state index is 12.6. The monoisotopic (exact) mass is 285 g/mol. The number of carboxylic acid groups (broad SMARTS) is 1. The van der Waals surface area contributed by atoms with Crippen molar-refractivity contribution in [2.75, 3.05) is 0 Å². The van der Waals surface area contributed by atoms with Crippen molar-refractivity contribution in [3.63, 3.8) is 0 Å². The molecule has 0 atom stereocenters. The minimum absolute atomic E-state index is 0.208. The highest BCUT2D eigenvalue weighted by atomic mass is 16.4. The van der Waals surface area contributed by atoms with Crippen LogP contribution in [0.15, 0.2) is 29.3 Å². The summed E-state index contributed by atoms with van der Waals surface area (Å²) in [5, 5.41) is 14.8. The summed E-state index contributed by atoms with van der Waals surface area (Å²) >= 11 is 0. The number of aromatic nitrogens is 3. The third-order valence-electron chi connectivity index (χ3n) is 3.72. The highest BCUT2D eigenvalue weighted by Crippen LogP contribution is 2.23. The molecule has 2 heterocycles. The second-order valence-electron chi connectivity index (χ2n) is 4.82. The largest absolute Gasteiger partial charge is 0.477 e.